The highest BCUT2D eigenvalue weighted by Gasteiger charge is 2.23. The molecule has 1 unspecified atom stereocenters. The van der Waals surface area contributed by atoms with Gasteiger partial charge in [0, 0.05) is 29.5 Å². The summed E-state index contributed by atoms with van der Waals surface area (Å²) < 4.78 is 0. The zero-order chi connectivity index (χ0) is 12.4. The molecule has 18 heavy (non-hydrogen) atoms. The van der Waals surface area contributed by atoms with Crippen LogP contribution in [0.2, 0.25) is 0 Å². The van der Waals surface area contributed by atoms with Crippen molar-refractivity contribution in [3.8, 4) is 0 Å². The molecule has 3 heteroatoms. The predicted octanol–water partition coefficient (Wildman–Crippen LogP) is 3.59. The minimum atomic E-state index is 0.691. The van der Waals surface area contributed by atoms with Gasteiger partial charge in [0.25, 0.3) is 0 Å². The largest absolute Gasteiger partial charge is 0.295 e. The molecule has 1 atom stereocenters. The molecule has 0 saturated carbocycles. The minimum absolute atomic E-state index is 0.691. The molecule has 1 aromatic heterocycles. The van der Waals surface area contributed by atoms with Gasteiger partial charge < -0.3 is 0 Å². The van der Waals surface area contributed by atoms with Crippen molar-refractivity contribution in [1.29, 1.82) is 0 Å². The summed E-state index contributed by atoms with van der Waals surface area (Å²) in [5.74, 6) is 0. The molecular weight excluding hydrogens is 288 g/mol. The van der Waals surface area contributed by atoms with E-state index in [2.05, 4.69) is 50.1 Å². The lowest BCUT2D eigenvalue weighted by molar-refractivity contribution is 0.265. The first-order valence-corrected chi connectivity index (χ1v) is 7.62. The molecule has 0 bridgehead atoms. The van der Waals surface area contributed by atoms with Crippen LogP contribution in [0.1, 0.15) is 18.4 Å². The number of aromatic nitrogens is 1. The Hall–Kier alpha value is -0.930. The molecule has 0 radical (unpaired) electrons. The number of nitrogens with zero attached hydrogens (tertiary/aromatic N) is 2. The van der Waals surface area contributed by atoms with E-state index in [4.69, 9.17) is 0 Å². The van der Waals surface area contributed by atoms with Gasteiger partial charge in [0.05, 0.1) is 5.52 Å². The second kappa shape index (κ2) is 5.37. The molecule has 1 aliphatic rings. The Balaban J connectivity index is 1.82. The van der Waals surface area contributed by atoms with Crippen molar-refractivity contribution in [2.24, 2.45) is 0 Å². The summed E-state index contributed by atoms with van der Waals surface area (Å²) >= 11 is 3.61. The number of likely N-dealkylation sites (tertiary alicyclic amines) is 1. The van der Waals surface area contributed by atoms with Crippen molar-refractivity contribution >= 4 is 26.8 Å². The summed E-state index contributed by atoms with van der Waals surface area (Å²) in [6.07, 6.45) is 4.65. The Morgan fingerprint density at radius 3 is 3.11 bits per heavy atom. The number of hydrogen-bond acceptors (Lipinski definition) is 2. The molecule has 1 aromatic carbocycles. The molecule has 3 rings (SSSR count). The molecule has 0 spiro atoms. The second-order valence-electron chi connectivity index (χ2n) is 4.96. The fourth-order valence-corrected chi connectivity index (χ4v) is 3.45. The normalized spacial score (nSPS) is 20.6. The fourth-order valence-electron chi connectivity index (χ4n) is 2.72. The SMILES string of the molecule is BrCC1CCCN1Cc1cnc2ccccc2c1. The number of rotatable bonds is 3. The maximum atomic E-state index is 4.54. The van der Waals surface area contributed by atoms with Gasteiger partial charge in [-0.1, -0.05) is 34.1 Å². The average Bonchev–Trinajstić information content (AvgIpc) is 2.86. The van der Waals surface area contributed by atoms with Gasteiger partial charge >= 0.3 is 0 Å². The number of para-hydroxylation sites is 1. The van der Waals surface area contributed by atoms with Gasteiger partial charge in [0.15, 0.2) is 0 Å². The van der Waals surface area contributed by atoms with Gasteiger partial charge in [-0.2, -0.15) is 0 Å². The summed E-state index contributed by atoms with van der Waals surface area (Å²) in [6, 6.07) is 11.3. The van der Waals surface area contributed by atoms with E-state index in [1.807, 2.05) is 12.3 Å². The van der Waals surface area contributed by atoms with Crippen molar-refractivity contribution in [3.05, 3.63) is 42.1 Å². The minimum Gasteiger partial charge on any atom is -0.295 e. The molecule has 2 aromatic rings. The van der Waals surface area contributed by atoms with Crippen LogP contribution in [-0.4, -0.2) is 27.8 Å². The van der Waals surface area contributed by atoms with Gasteiger partial charge in [-0.15, -0.1) is 0 Å². The van der Waals surface area contributed by atoms with Gasteiger partial charge in [-0.3, -0.25) is 9.88 Å². The van der Waals surface area contributed by atoms with E-state index >= 15 is 0 Å². The topological polar surface area (TPSA) is 16.1 Å². The van der Waals surface area contributed by atoms with Crippen molar-refractivity contribution in [2.75, 3.05) is 11.9 Å². The Labute approximate surface area is 116 Å². The quantitative estimate of drug-likeness (QED) is 0.806. The number of alkyl halides is 1. The third kappa shape index (κ3) is 2.43. The molecule has 1 fully saturated rings. The summed E-state index contributed by atoms with van der Waals surface area (Å²) in [6.45, 7) is 2.23. The lowest BCUT2D eigenvalue weighted by atomic mass is 10.1. The van der Waals surface area contributed by atoms with Crippen LogP contribution in [0, 0.1) is 0 Å². The van der Waals surface area contributed by atoms with Gasteiger partial charge in [0.1, 0.15) is 0 Å². The highest BCUT2D eigenvalue weighted by Crippen LogP contribution is 2.22. The van der Waals surface area contributed by atoms with Gasteiger partial charge in [-0.05, 0) is 37.1 Å². The number of fused-ring (bicyclic) bond motifs is 1. The molecule has 1 aliphatic heterocycles. The molecule has 2 heterocycles. The van der Waals surface area contributed by atoms with Crippen LogP contribution in [0.25, 0.3) is 10.9 Å². The van der Waals surface area contributed by atoms with E-state index < -0.39 is 0 Å². The van der Waals surface area contributed by atoms with Crippen molar-refractivity contribution < 1.29 is 0 Å². The van der Waals surface area contributed by atoms with E-state index in [1.54, 1.807) is 0 Å². The van der Waals surface area contributed by atoms with Gasteiger partial charge in [-0.25, -0.2) is 0 Å². The van der Waals surface area contributed by atoms with Crippen molar-refractivity contribution in [2.45, 2.75) is 25.4 Å². The average molecular weight is 305 g/mol. The van der Waals surface area contributed by atoms with Crippen LogP contribution in [0.4, 0.5) is 0 Å². The molecule has 0 amide bonds. The Bertz CT molecular complexity index is 541. The first-order chi connectivity index (χ1) is 8.86. The first kappa shape index (κ1) is 12.1. The summed E-state index contributed by atoms with van der Waals surface area (Å²) in [4.78, 5) is 7.09. The molecule has 0 N–H and O–H groups in total. The summed E-state index contributed by atoms with van der Waals surface area (Å²) in [5, 5.41) is 2.32. The Kier molecular flexibility index (Phi) is 3.62. The van der Waals surface area contributed by atoms with Crippen LogP contribution in [0.3, 0.4) is 0 Å². The van der Waals surface area contributed by atoms with Crippen LogP contribution >= 0.6 is 15.9 Å². The Morgan fingerprint density at radius 2 is 2.22 bits per heavy atom. The standard InChI is InChI=1S/C15H17BrN2/c16-9-14-5-3-7-18(14)11-12-8-13-4-1-2-6-15(13)17-10-12/h1-2,4,6,8,10,14H,3,5,7,9,11H2. The van der Waals surface area contributed by atoms with Crippen LogP contribution in [0.15, 0.2) is 36.5 Å². The number of hydrogen-bond donors (Lipinski definition) is 0. The van der Waals surface area contributed by atoms with Crippen LogP contribution in [0.5, 0.6) is 0 Å². The lowest BCUT2D eigenvalue weighted by Gasteiger charge is -2.22. The number of pyridine rings is 1. The smallest absolute Gasteiger partial charge is 0.0702 e. The number of benzene rings is 1. The number of halogens is 1. The highest BCUT2D eigenvalue weighted by atomic mass is 79.9. The Morgan fingerprint density at radius 1 is 1.33 bits per heavy atom. The zero-order valence-electron chi connectivity index (χ0n) is 10.3. The van der Waals surface area contributed by atoms with E-state index in [-0.39, 0.29) is 0 Å². The second-order valence-corrected chi connectivity index (χ2v) is 5.60. The van der Waals surface area contributed by atoms with Crippen LogP contribution < -0.4 is 0 Å². The third-order valence-corrected chi connectivity index (χ3v) is 4.46. The van der Waals surface area contributed by atoms with E-state index in [0.29, 0.717) is 6.04 Å². The van der Waals surface area contributed by atoms with Gasteiger partial charge in [0.2, 0.25) is 0 Å². The third-order valence-electron chi connectivity index (χ3n) is 3.71. The van der Waals surface area contributed by atoms with Crippen molar-refractivity contribution in [3.63, 3.8) is 0 Å². The molecular formula is C15H17BrN2. The van der Waals surface area contributed by atoms with E-state index in [9.17, 15) is 0 Å². The van der Waals surface area contributed by atoms with Crippen molar-refractivity contribution in [1.82, 2.24) is 9.88 Å². The molecule has 1 saturated heterocycles. The van der Waals surface area contributed by atoms with E-state index in [1.165, 1.54) is 30.3 Å². The van der Waals surface area contributed by atoms with E-state index in [0.717, 1.165) is 17.4 Å². The highest BCUT2D eigenvalue weighted by molar-refractivity contribution is 9.09. The lowest BCUT2D eigenvalue weighted by Crippen LogP contribution is -2.29. The maximum Gasteiger partial charge on any atom is 0.0702 e. The first-order valence-electron chi connectivity index (χ1n) is 6.50. The molecule has 0 aliphatic carbocycles. The zero-order valence-corrected chi connectivity index (χ0v) is 11.9. The summed E-state index contributed by atoms with van der Waals surface area (Å²) in [7, 11) is 0. The fraction of sp³-hybridized carbons (Fsp3) is 0.400. The molecule has 94 valence electrons. The maximum absolute atomic E-state index is 4.54. The van der Waals surface area contributed by atoms with Crippen LogP contribution in [-0.2, 0) is 6.54 Å². The predicted molar refractivity (Wildman–Crippen MR) is 79.0 cm³/mol. The monoisotopic (exact) mass is 304 g/mol. The molecule has 2 nitrogen and oxygen atoms in total. The summed E-state index contributed by atoms with van der Waals surface area (Å²) in [5.41, 5.74) is 2.40.